The summed E-state index contributed by atoms with van der Waals surface area (Å²) >= 11 is 0. The topological polar surface area (TPSA) is 114 Å². The molecule has 0 N–H and O–H groups in total. The minimum Gasteiger partial charge on any atom is -0.748 e. The summed E-state index contributed by atoms with van der Waals surface area (Å²) in [5, 5.41) is 0. The lowest BCUT2D eigenvalue weighted by atomic mass is 10.4. The summed E-state index contributed by atoms with van der Waals surface area (Å²) in [6.45, 7) is 18.8. The van der Waals surface area contributed by atoms with Gasteiger partial charge in [0.05, 0.1) is 69.5 Å². The Hall–Kier alpha value is 0.680. The molecule has 10 heteroatoms. The Morgan fingerprint density at radius 2 is 0.432 bits per heavy atom. The summed E-state index contributed by atoms with van der Waals surface area (Å²) in [7, 11) is -8.96. The molecule has 0 aromatic rings. The summed E-state index contributed by atoms with van der Waals surface area (Å²) < 4.78 is 54.5. The number of rotatable bonds is 24. The predicted molar refractivity (Wildman–Crippen MR) is 203 cm³/mol. The van der Waals surface area contributed by atoms with Crippen molar-refractivity contribution in [2.75, 3.05) is 61.8 Å². The molecule has 44 heavy (non-hydrogen) atoms. The van der Waals surface area contributed by atoms with Crippen molar-refractivity contribution in [3.63, 3.8) is 0 Å². The molecule has 272 valence electrons. The van der Waals surface area contributed by atoms with E-state index in [-0.39, 0.29) is 0 Å². The zero-order valence-corrected chi connectivity index (χ0v) is 34.6. The van der Waals surface area contributed by atoms with Crippen molar-refractivity contribution < 1.29 is 25.9 Å². The Morgan fingerprint density at radius 3 is 0.500 bits per heavy atom. The SMILES string of the molecule is CCCC[P+](CCCC)(CCCC)CCCC.CCCC[P+](CCCC)(CCCC)CCCC.CS(=O)(=O)[O-].CS(=O)(=O)[O-]. The molecule has 0 atom stereocenters. The van der Waals surface area contributed by atoms with Crippen LogP contribution in [0.15, 0.2) is 0 Å². The monoisotopic (exact) mass is 708 g/mol. The van der Waals surface area contributed by atoms with Crippen molar-refractivity contribution in [1.29, 1.82) is 0 Å². The van der Waals surface area contributed by atoms with Gasteiger partial charge in [-0.2, -0.15) is 0 Å². The molecule has 6 nitrogen and oxygen atoms in total. The van der Waals surface area contributed by atoms with E-state index in [9.17, 15) is 0 Å². The molecule has 0 aromatic carbocycles. The molecule has 0 aliphatic heterocycles. The van der Waals surface area contributed by atoms with Gasteiger partial charge in [0.15, 0.2) is 0 Å². The van der Waals surface area contributed by atoms with Crippen LogP contribution in [0, 0.1) is 0 Å². The molecule has 0 rings (SSSR count). The lowest BCUT2D eigenvalue weighted by Crippen LogP contribution is -2.12. The average molecular weight is 709 g/mol. The van der Waals surface area contributed by atoms with Gasteiger partial charge in [-0.05, 0) is 51.4 Å². The first-order chi connectivity index (χ1) is 20.5. The van der Waals surface area contributed by atoms with Crippen LogP contribution in [0.2, 0.25) is 0 Å². The van der Waals surface area contributed by atoms with Gasteiger partial charge in [-0.25, -0.2) is 16.8 Å². The number of hydrogen-bond acceptors (Lipinski definition) is 6. The zero-order valence-electron chi connectivity index (χ0n) is 31.1. The van der Waals surface area contributed by atoms with Crippen LogP contribution in [0.5, 0.6) is 0 Å². The summed E-state index contributed by atoms with van der Waals surface area (Å²) in [6, 6.07) is 0. The van der Waals surface area contributed by atoms with Gasteiger partial charge in [0.25, 0.3) is 0 Å². The van der Waals surface area contributed by atoms with Crippen LogP contribution in [0.4, 0.5) is 0 Å². The molecule has 0 saturated carbocycles. The Morgan fingerprint density at radius 1 is 0.341 bits per heavy atom. The molecule has 0 fully saturated rings. The van der Waals surface area contributed by atoms with Gasteiger partial charge < -0.3 is 9.11 Å². The maximum Gasteiger partial charge on any atom is 0.0916 e. The molecular weight excluding hydrogens is 630 g/mol. The van der Waals surface area contributed by atoms with Gasteiger partial charge >= 0.3 is 0 Å². The molecule has 0 bridgehead atoms. The third-order valence-electron chi connectivity index (χ3n) is 7.89. The van der Waals surface area contributed by atoms with E-state index in [4.69, 9.17) is 25.9 Å². The van der Waals surface area contributed by atoms with E-state index in [1.54, 1.807) is 49.3 Å². The Bertz CT molecular complexity index is 633. The lowest BCUT2D eigenvalue weighted by molar-refractivity contribution is 0.468. The van der Waals surface area contributed by atoms with E-state index in [1.165, 1.54) is 103 Å². The molecule has 0 saturated heterocycles. The standard InChI is InChI=1S/2C16H36P.2CH4O3S/c2*1-5-9-13-17(14-10-6-2,15-11-7-3)16-12-8-4;2*1-5(2,3)4/h2*5-16H2,1-4H3;2*1H3,(H,2,3,4)/q2*+1;;/p-2. The molecule has 0 unspecified atom stereocenters. The van der Waals surface area contributed by atoms with Crippen LogP contribution in [-0.2, 0) is 20.2 Å². The van der Waals surface area contributed by atoms with Crippen LogP contribution in [-0.4, -0.2) is 87.7 Å². The van der Waals surface area contributed by atoms with Crippen LogP contribution in [0.3, 0.4) is 0 Å². The predicted octanol–water partition coefficient (Wildman–Crippen LogP) is 10.7. The third kappa shape index (κ3) is 44.8. The van der Waals surface area contributed by atoms with Gasteiger partial charge in [0, 0.05) is 27.0 Å². The molecule has 0 amide bonds. The first-order valence-electron chi connectivity index (χ1n) is 18.0. The molecule has 0 aromatic heterocycles. The van der Waals surface area contributed by atoms with Gasteiger partial charge in [0.1, 0.15) is 0 Å². The largest absolute Gasteiger partial charge is 0.748 e. The molecular formula is C34H78O6P2S2. The normalized spacial score (nSPS) is 11.9. The minimum atomic E-state index is -3.92. The summed E-state index contributed by atoms with van der Waals surface area (Å²) in [6.07, 6.45) is 37.1. The summed E-state index contributed by atoms with van der Waals surface area (Å²) in [5.74, 6) is 0. The molecule has 0 heterocycles. The van der Waals surface area contributed by atoms with Gasteiger partial charge in [-0.15, -0.1) is 0 Å². The highest BCUT2D eigenvalue weighted by molar-refractivity contribution is 7.85. The van der Waals surface area contributed by atoms with E-state index in [1.807, 2.05) is 0 Å². The fourth-order valence-corrected chi connectivity index (χ4v) is 15.9. The van der Waals surface area contributed by atoms with Crippen LogP contribution in [0.1, 0.15) is 158 Å². The van der Waals surface area contributed by atoms with Crippen LogP contribution in [0.25, 0.3) is 0 Å². The van der Waals surface area contributed by atoms with Crippen molar-refractivity contribution in [2.45, 2.75) is 158 Å². The second-order valence-electron chi connectivity index (χ2n) is 12.7. The highest BCUT2D eigenvalue weighted by Gasteiger charge is 2.35. The van der Waals surface area contributed by atoms with E-state index < -0.39 is 34.8 Å². The quantitative estimate of drug-likeness (QED) is 0.0728. The van der Waals surface area contributed by atoms with Crippen molar-refractivity contribution in [2.24, 2.45) is 0 Å². The summed E-state index contributed by atoms with van der Waals surface area (Å²) in [5.41, 5.74) is 0. The fourth-order valence-electron chi connectivity index (χ4n) is 5.29. The van der Waals surface area contributed by atoms with Gasteiger partial charge in [-0.3, -0.25) is 0 Å². The Balaban J connectivity index is -0.000000278. The van der Waals surface area contributed by atoms with Crippen molar-refractivity contribution in [1.82, 2.24) is 0 Å². The van der Waals surface area contributed by atoms with E-state index in [0.717, 1.165) is 0 Å². The summed E-state index contributed by atoms with van der Waals surface area (Å²) in [4.78, 5) is 0. The van der Waals surface area contributed by atoms with E-state index in [0.29, 0.717) is 12.5 Å². The first-order valence-corrected chi connectivity index (χ1v) is 26.7. The maximum absolute atomic E-state index is 9.08. The second-order valence-corrected chi connectivity index (χ2v) is 24.5. The van der Waals surface area contributed by atoms with Crippen molar-refractivity contribution >= 4 is 34.8 Å². The zero-order chi connectivity index (χ0) is 35.0. The molecule has 0 aliphatic carbocycles. The van der Waals surface area contributed by atoms with Gasteiger partial charge in [0.2, 0.25) is 0 Å². The first kappa shape index (κ1) is 51.5. The lowest BCUT2D eigenvalue weighted by Gasteiger charge is -2.28. The van der Waals surface area contributed by atoms with Crippen LogP contribution < -0.4 is 0 Å². The fraction of sp³-hybridized carbons (Fsp3) is 1.00. The molecule has 0 spiro atoms. The second kappa shape index (κ2) is 33.6. The van der Waals surface area contributed by atoms with E-state index in [2.05, 4.69) is 55.4 Å². The molecule has 0 radical (unpaired) electrons. The highest BCUT2D eigenvalue weighted by Crippen LogP contribution is 2.62. The highest BCUT2D eigenvalue weighted by atomic mass is 32.2. The van der Waals surface area contributed by atoms with Crippen molar-refractivity contribution in [3.8, 4) is 0 Å². The number of unbranched alkanes of at least 4 members (excludes halogenated alkanes) is 8. The van der Waals surface area contributed by atoms with E-state index >= 15 is 0 Å². The third-order valence-corrected chi connectivity index (χ3v) is 18.0. The Kier molecular flexibility index (Phi) is 39.3. The maximum atomic E-state index is 9.08. The average Bonchev–Trinajstić information content (AvgIpc) is 2.94. The van der Waals surface area contributed by atoms with Crippen molar-refractivity contribution in [3.05, 3.63) is 0 Å². The smallest absolute Gasteiger partial charge is 0.0916 e. The Labute approximate surface area is 279 Å². The van der Waals surface area contributed by atoms with Crippen LogP contribution >= 0.6 is 14.5 Å². The molecule has 0 aliphatic rings. The minimum absolute atomic E-state index is 0.562. The van der Waals surface area contributed by atoms with Gasteiger partial charge in [-0.1, -0.05) is 107 Å². The number of hydrogen-bond donors (Lipinski definition) is 0.